The van der Waals surface area contributed by atoms with Crippen LogP contribution in [0.25, 0.3) is 0 Å². The number of nitrogens with two attached hydrogens (primary N) is 1. The molecule has 0 spiro atoms. The third-order valence-electron chi connectivity index (χ3n) is 3.18. The molecule has 1 atom stereocenters. The van der Waals surface area contributed by atoms with Gasteiger partial charge >= 0.3 is 0 Å². The average Bonchev–Trinajstić information content (AvgIpc) is 2.76. The minimum atomic E-state index is -0.0533. The van der Waals surface area contributed by atoms with Gasteiger partial charge in [-0.15, -0.1) is 0 Å². The molecule has 5 nitrogen and oxygen atoms in total. The Morgan fingerprint density at radius 2 is 2.35 bits per heavy atom. The molecule has 3 N–H and O–H groups in total. The van der Waals surface area contributed by atoms with Crippen LogP contribution in [0.2, 0.25) is 0 Å². The summed E-state index contributed by atoms with van der Waals surface area (Å²) in [5.74, 6) is 1.47. The standard InChI is InChI=1S/C15H22N2O3/c1-3-19-14-8-11-7-10(2)20-13(11)9-12(14)17-15(18)5-4-6-16/h8-10H,3-7,16H2,1-2H3,(H,17,18)/t10-/m1/s1. The number of hydrogen-bond donors (Lipinski definition) is 2. The lowest BCUT2D eigenvalue weighted by Crippen LogP contribution is -2.14. The zero-order valence-electron chi connectivity index (χ0n) is 12.1. The van der Waals surface area contributed by atoms with E-state index < -0.39 is 0 Å². The van der Waals surface area contributed by atoms with Gasteiger partial charge in [0.05, 0.1) is 12.3 Å². The number of benzene rings is 1. The molecule has 1 amide bonds. The summed E-state index contributed by atoms with van der Waals surface area (Å²) in [6.07, 6.45) is 2.13. The van der Waals surface area contributed by atoms with Gasteiger partial charge in [-0.2, -0.15) is 0 Å². The molecule has 0 aromatic heterocycles. The summed E-state index contributed by atoms with van der Waals surface area (Å²) in [4.78, 5) is 11.8. The van der Waals surface area contributed by atoms with E-state index in [-0.39, 0.29) is 12.0 Å². The molecule has 0 bridgehead atoms. The van der Waals surface area contributed by atoms with Crippen LogP contribution >= 0.6 is 0 Å². The van der Waals surface area contributed by atoms with E-state index in [0.29, 0.717) is 37.4 Å². The lowest BCUT2D eigenvalue weighted by Gasteiger charge is -2.13. The van der Waals surface area contributed by atoms with E-state index in [9.17, 15) is 4.79 Å². The number of hydrogen-bond acceptors (Lipinski definition) is 4. The van der Waals surface area contributed by atoms with Crippen molar-refractivity contribution >= 4 is 11.6 Å². The van der Waals surface area contributed by atoms with Crippen molar-refractivity contribution < 1.29 is 14.3 Å². The van der Waals surface area contributed by atoms with Crippen molar-refractivity contribution in [3.8, 4) is 11.5 Å². The SMILES string of the molecule is CCOc1cc2c(cc1NC(=O)CCCN)O[C@H](C)C2. The van der Waals surface area contributed by atoms with Crippen molar-refractivity contribution in [3.05, 3.63) is 17.7 Å². The quantitative estimate of drug-likeness (QED) is 0.835. The lowest BCUT2D eigenvalue weighted by molar-refractivity contribution is -0.116. The molecule has 5 heteroatoms. The fraction of sp³-hybridized carbons (Fsp3) is 0.533. The van der Waals surface area contributed by atoms with Crippen molar-refractivity contribution in [1.82, 2.24) is 0 Å². The molecule has 20 heavy (non-hydrogen) atoms. The van der Waals surface area contributed by atoms with E-state index in [1.807, 2.05) is 26.0 Å². The van der Waals surface area contributed by atoms with Crippen LogP contribution in [0, 0.1) is 0 Å². The number of amides is 1. The Labute approximate surface area is 119 Å². The summed E-state index contributed by atoms with van der Waals surface area (Å²) in [5, 5.41) is 2.88. The van der Waals surface area contributed by atoms with E-state index in [0.717, 1.165) is 17.7 Å². The molecule has 1 aliphatic heterocycles. The van der Waals surface area contributed by atoms with Crippen LogP contribution in [0.1, 0.15) is 32.3 Å². The molecule has 0 unspecified atom stereocenters. The predicted octanol–water partition coefficient (Wildman–Crippen LogP) is 2.09. The van der Waals surface area contributed by atoms with Gasteiger partial charge in [-0.1, -0.05) is 0 Å². The number of carbonyl (C=O) groups is 1. The first-order valence-corrected chi connectivity index (χ1v) is 7.10. The Bertz CT molecular complexity index is 488. The zero-order valence-corrected chi connectivity index (χ0v) is 12.1. The van der Waals surface area contributed by atoms with Gasteiger partial charge in [0.2, 0.25) is 5.91 Å². The third-order valence-corrected chi connectivity index (χ3v) is 3.18. The second-order valence-corrected chi connectivity index (χ2v) is 4.96. The zero-order chi connectivity index (χ0) is 14.5. The topological polar surface area (TPSA) is 73.6 Å². The Kier molecular flexibility index (Phi) is 4.84. The van der Waals surface area contributed by atoms with E-state index in [4.69, 9.17) is 15.2 Å². The molecule has 0 aliphatic carbocycles. The van der Waals surface area contributed by atoms with E-state index in [2.05, 4.69) is 5.32 Å². The first-order chi connectivity index (χ1) is 9.63. The first-order valence-electron chi connectivity index (χ1n) is 7.10. The van der Waals surface area contributed by atoms with E-state index >= 15 is 0 Å². The van der Waals surface area contributed by atoms with Crippen LogP contribution in [-0.4, -0.2) is 25.2 Å². The second kappa shape index (κ2) is 6.61. The second-order valence-electron chi connectivity index (χ2n) is 4.96. The van der Waals surface area contributed by atoms with Gasteiger partial charge in [-0.25, -0.2) is 0 Å². The van der Waals surface area contributed by atoms with Gasteiger partial charge in [0.25, 0.3) is 0 Å². The first kappa shape index (κ1) is 14.7. The fourth-order valence-electron chi connectivity index (χ4n) is 2.29. The van der Waals surface area contributed by atoms with E-state index in [1.54, 1.807) is 0 Å². The molecule has 1 aromatic carbocycles. The number of anilines is 1. The maximum atomic E-state index is 11.8. The molecule has 0 radical (unpaired) electrons. The summed E-state index contributed by atoms with van der Waals surface area (Å²) in [7, 11) is 0. The highest BCUT2D eigenvalue weighted by Gasteiger charge is 2.22. The number of carbonyl (C=O) groups excluding carboxylic acids is 1. The fourth-order valence-corrected chi connectivity index (χ4v) is 2.29. The normalized spacial score (nSPS) is 16.4. The smallest absolute Gasteiger partial charge is 0.224 e. The molecule has 1 aliphatic rings. The van der Waals surface area contributed by atoms with Gasteiger partial charge in [-0.05, 0) is 32.9 Å². The van der Waals surface area contributed by atoms with Gasteiger partial charge in [0.15, 0.2) is 0 Å². The minimum absolute atomic E-state index is 0.0533. The van der Waals surface area contributed by atoms with Gasteiger partial charge in [-0.3, -0.25) is 4.79 Å². The van der Waals surface area contributed by atoms with Crippen LogP contribution in [-0.2, 0) is 11.2 Å². The molecule has 1 aromatic rings. The molecule has 0 saturated carbocycles. The molecule has 2 rings (SSSR count). The van der Waals surface area contributed by atoms with Gasteiger partial charge in [0.1, 0.15) is 17.6 Å². The van der Waals surface area contributed by atoms with Crippen LogP contribution in [0.5, 0.6) is 11.5 Å². The monoisotopic (exact) mass is 278 g/mol. The van der Waals surface area contributed by atoms with Crippen molar-refractivity contribution in [2.45, 2.75) is 39.2 Å². The summed E-state index contributed by atoms with van der Waals surface area (Å²) in [5.41, 5.74) is 7.21. The summed E-state index contributed by atoms with van der Waals surface area (Å²) < 4.78 is 11.3. The molecule has 110 valence electrons. The largest absolute Gasteiger partial charge is 0.492 e. The van der Waals surface area contributed by atoms with Crippen molar-refractivity contribution in [2.24, 2.45) is 5.73 Å². The third kappa shape index (κ3) is 3.42. The Balaban J connectivity index is 2.18. The molecule has 0 fully saturated rings. The van der Waals surface area contributed by atoms with Crippen LogP contribution < -0.4 is 20.5 Å². The predicted molar refractivity (Wildman–Crippen MR) is 78.3 cm³/mol. The molecule has 0 saturated heterocycles. The highest BCUT2D eigenvalue weighted by atomic mass is 16.5. The number of fused-ring (bicyclic) bond motifs is 1. The minimum Gasteiger partial charge on any atom is -0.492 e. The van der Waals surface area contributed by atoms with E-state index in [1.165, 1.54) is 0 Å². The number of ether oxygens (including phenoxy) is 2. The average molecular weight is 278 g/mol. The van der Waals surface area contributed by atoms with Crippen molar-refractivity contribution in [1.29, 1.82) is 0 Å². The highest BCUT2D eigenvalue weighted by molar-refractivity contribution is 5.92. The van der Waals surface area contributed by atoms with Crippen LogP contribution in [0.4, 0.5) is 5.69 Å². The Hall–Kier alpha value is -1.75. The highest BCUT2D eigenvalue weighted by Crippen LogP contribution is 2.38. The summed E-state index contributed by atoms with van der Waals surface area (Å²) >= 11 is 0. The van der Waals surface area contributed by atoms with Crippen LogP contribution in [0.3, 0.4) is 0 Å². The maximum Gasteiger partial charge on any atom is 0.224 e. The van der Waals surface area contributed by atoms with Gasteiger partial charge in [0, 0.05) is 24.5 Å². The molecule has 1 heterocycles. The Morgan fingerprint density at radius 1 is 1.55 bits per heavy atom. The summed E-state index contributed by atoms with van der Waals surface area (Å²) in [6.45, 7) is 5.02. The molecular weight excluding hydrogens is 256 g/mol. The number of rotatable bonds is 6. The van der Waals surface area contributed by atoms with Crippen LogP contribution in [0.15, 0.2) is 12.1 Å². The summed E-state index contributed by atoms with van der Waals surface area (Å²) in [6, 6.07) is 3.81. The molecular formula is C15H22N2O3. The number of nitrogens with one attached hydrogen (secondary N) is 1. The lowest BCUT2D eigenvalue weighted by atomic mass is 10.1. The van der Waals surface area contributed by atoms with Gasteiger partial charge < -0.3 is 20.5 Å². The Morgan fingerprint density at radius 3 is 3.05 bits per heavy atom. The van der Waals surface area contributed by atoms with Crippen molar-refractivity contribution in [2.75, 3.05) is 18.5 Å². The maximum absolute atomic E-state index is 11.8. The van der Waals surface area contributed by atoms with Crippen molar-refractivity contribution in [3.63, 3.8) is 0 Å².